The molecule has 0 saturated heterocycles. The monoisotopic (exact) mass is 247 g/mol. The summed E-state index contributed by atoms with van der Waals surface area (Å²) in [6, 6.07) is 1.74. The summed E-state index contributed by atoms with van der Waals surface area (Å²) in [6.07, 6.45) is 3.52. The fourth-order valence-corrected chi connectivity index (χ4v) is 1.55. The molecular weight excluding hydrogens is 230 g/mol. The van der Waals surface area contributed by atoms with Gasteiger partial charge in [0.1, 0.15) is 0 Å². The third-order valence-electron chi connectivity index (χ3n) is 2.70. The molecule has 0 fully saturated rings. The number of rotatable bonds is 5. The van der Waals surface area contributed by atoms with Crippen LogP contribution in [-0.4, -0.2) is 26.4 Å². The molecule has 1 N–H and O–H groups in total. The van der Waals surface area contributed by atoms with Gasteiger partial charge in [-0.3, -0.25) is 4.68 Å². The first-order chi connectivity index (χ1) is 8.70. The smallest absolute Gasteiger partial charge is 0.226 e. The van der Waals surface area contributed by atoms with Crippen LogP contribution >= 0.6 is 0 Å². The first-order valence-corrected chi connectivity index (χ1v) is 5.88. The number of hydrogen-bond donors (Lipinski definition) is 1. The van der Waals surface area contributed by atoms with Gasteiger partial charge in [0, 0.05) is 37.1 Å². The molecular formula is C12H17N5O. The Bertz CT molecular complexity index is 523. The van der Waals surface area contributed by atoms with Crippen molar-refractivity contribution in [1.29, 1.82) is 0 Å². The van der Waals surface area contributed by atoms with E-state index in [1.807, 2.05) is 31.8 Å². The molecule has 0 spiro atoms. The SMILES string of the molecule is CCOc1ccnc(NCc2cnn(C)c2C)n1. The zero-order valence-corrected chi connectivity index (χ0v) is 10.8. The van der Waals surface area contributed by atoms with Crippen LogP contribution in [0.3, 0.4) is 0 Å². The van der Waals surface area contributed by atoms with Crippen LogP contribution in [0, 0.1) is 6.92 Å². The molecule has 0 aliphatic carbocycles. The zero-order chi connectivity index (χ0) is 13.0. The van der Waals surface area contributed by atoms with E-state index in [-0.39, 0.29) is 0 Å². The molecule has 0 aliphatic heterocycles. The van der Waals surface area contributed by atoms with Crippen LogP contribution in [0.2, 0.25) is 0 Å². The van der Waals surface area contributed by atoms with Crippen molar-refractivity contribution >= 4 is 5.95 Å². The maximum atomic E-state index is 5.32. The molecule has 6 heteroatoms. The molecule has 96 valence electrons. The van der Waals surface area contributed by atoms with E-state index in [0.29, 0.717) is 25.0 Å². The topological polar surface area (TPSA) is 64.9 Å². The second-order valence-electron chi connectivity index (χ2n) is 3.88. The van der Waals surface area contributed by atoms with Crippen LogP contribution in [0.15, 0.2) is 18.5 Å². The van der Waals surface area contributed by atoms with Crippen molar-refractivity contribution in [2.45, 2.75) is 20.4 Å². The van der Waals surface area contributed by atoms with E-state index in [9.17, 15) is 0 Å². The second-order valence-corrected chi connectivity index (χ2v) is 3.88. The Labute approximate surface area is 106 Å². The van der Waals surface area contributed by atoms with Gasteiger partial charge in [-0.25, -0.2) is 4.98 Å². The van der Waals surface area contributed by atoms with Gasteiger partial charge in [-0.15, -0.1) is 0 Å². The third kappa shape index (κ3) is 2.77. The quantitative estimate of drug-likeness (QED) is 0.868. The molecule has 0 unspecified atom stereocenters. The minimum absolute atomic E-state index is 0.559. The highest BCUT2D eigenvalue weighted by Gasteiger charge is 2.04. The summed E-state index contributed by atoms with van der Waals surface area (Å²) < 4.78 is 7.16. The summed E-state index contributed by atoms with van der Waals surface area (Å²) in [5.74, 6) is 1.14. The van der Waals surface area contributed by atoms with Crippen LogP contribution in [0.1, 0.15) is 18.2 Å². The summed E-state index contributed by atoms with van der Waals surface area (Å²) in [4.78, 5) is 8.39. The molecule has 0 aromatic carbocycles. The number of nitrogens with one attached hydrogen (secondary N) is 1. The van der Waals surface area contributed by atoms with Crippen LogP contribution in [0.25, 0.3) is 0 Å². The fourth-order valence-electron chi connectivity index (χ4n) is 1.55. The van der Waals surface area contributed by atoms with Gasteiger partial charge < -0.3 is 10.1 Å². The van der Waals surface area contributed by atoms with Crippen molar-refractivity contribution in [1.82, 2.24) is 19.7 Å². The van der Waals surface area contributed by atoms with Crippen molar-refractivity contribution in [3.63, 3.8) is 0 Å². The Hall–Kier alpha value is -2.11. The number of nitrogens with zero attached hydrogens (tertiary/aromatic N) is 4. The van der Waals surface area contributed by atoms with Gasteiger partial charge in [-0.05, 0) is 13.8 Å². The molecule has 0 bridgehead atoms. The molecule has 2 heterocycles. The molecule has 0 atom stereocenters. The molecule has 6 nitrogen and oxygen atoms in total. The van der Waals surface area contributed by atoms with E-state index >= 15 is 0 Å². The van der Waals surface area contributed by atoms with Gasteiger partial charge in [-0.1, -0.05) is 0 Å². The highest BCUT2D eigenvalue weighted by atomic mass is 16.5. The van der Waals surface area contributed by atoms with E-state index in [0.717, 1.165) is 11.3 Å². The maximum Gasteiger partial charge on any atom is 0.226 e. The van der Waals surface area contributed by atoms with Crippen LogP contribution < -0.4 is 10.1 Å². The first-order valence-electron chi connectivity index (χ1n) is 5.88. The van der Waals surface area contributed by atoms with Gasteiger partial charge in [0.05, 0.1) is 12.8 Å². The number of anilines is 1. The fraction of sp³-hybridized carbons (Fsp3) is 0.417. The molecule has 2 rings (SSSR count). The van der Waals surface area contributed by atoms with Crippen molar-refractivity contribution in [3.05, 3.63) is 29.7 Å². The van der Waals surface area contributed by atoms with Crippen LogP contribution in [0.4, 0.5) is 5.95 Å². The van der Waals surface area contributed by atoms with E-state index in [1.54, 1.807) is 12.3 Å². The molecule has 0 radical (unpaired) electrons. The normalized spacial score (nSPS) is 10.4. The largest absolute Gasteiger partial charge is 0.478 e. The molecule has 0 amide bonds. The van der Waals surface area contributed by atoms with Crippen molar-refractivity contribution in [2.24, 2.45) is 7.05 Å². The Kier molecular flexibility index (Phi) is 3.76. The summed E-state index contributed by atoms with van der Waals surface area (Å²) in [6.45, 7) is 5.20. The second kappa shape index (κ2) is 5.48. The van der Waals surface area contributed by atoms with Crippen molar-refractivity contribution in [3.8, 4) is 5.88 Å². The van der Waals surface area contributed by atoms with Gasteiger partial charge in [-0.2, -0.15) is 10.1 Å². The van der Waals surface area contributed by atoms with Gasteiger partial charge >= 0.3 is 0 Å². The number of ether oxygens (including phenoxy) is 1. The zero-order valence-electron chi connectivity index (χ0n) is 10.8. The lowest BCUT2D eigenvalue weighted by Crippen LogP contribution is -2.05. The van der Waals surface area contributed by atoms with E-state index in [1.165, 1.54) is 0 Å². The predicted octanol–water partition coefficient (Wildman–Crippen LogP) is 1.53. The van der Waals surface area contributed by atoms with Crippen LogP contribution in [-0.2, 0) is 13.6 Å². The van der Waals surface area contributed by atoms with E-state index in [4.69, 9.17) is 4.74 Å². The summed E-state index contributed by atoms with van der Waals surface area (Å²) in [5.41, 5.74) is 2.26. The minimum Gasteiger partial charge on any atom is -0.478 e. The van der Waals surface area contributed by atoms with Gasteiger partial charge in [0.2, 0.25) is 11.8 Å². The summed E-state index contributed by atoms with van der Waals surface area (Å²) in [5, 5.41) is 7.34. The molecule has 18 heavy (non-hydrogen) atoms. The molecule has 0 aliphatic rings. The third-order valence-corrected chi connectivity index (χ3v) is 2.70. The summed E-state index contributed by atoms with van der Waals surface area (Å²) >= 11 is 0. The summed E-state index contributed by atoms with van der Waals surface area (Å²) in [7, 11) is 1.92. The van der Waals surface area contributed by atoms with Crippen LogP contribution in [0.5, 0.6) is 5.88 Å². The lowest BCUT2D eigenvalue weighted by molar-refractivity contribution is 0.326. The standard InChI is InChI=1S/C12H17N5O/c1-4-18-11-5-6-13-12(16-11)14-7-10-8-15-17(3)9(10)2/h5-6,8H,4,7H2,1-3H3,(H,13,14,16). The first kappa shape index (κ1) is 12.3. The highest BCUT2D eigenvalue weighted by Crippen LogP contribution is 2.11. The maximum absolute atomic E-state index is 5.32. The van der Waals surface area contributed by atoms with Crippen molar-refractivity contribution in [2.75, 3.05) is 11.9 Å². The molecule has 0 saturated carbocycles. The number of hydrogen-bond acceptors (Lipinski definition) is 5. The lowest BCUT2D eigenvalue weighted by Gasteiger charge is -2.06. The Morgan fingerprint density at radius 2 is 2.28 bits per heavy atom. The Balaban J connectivity index is 2.01. The lowest BCUT2D eigenvalue weighted by atomic mass is 10.2. The average Bonchev–Trinajstić information content (AvgIpc) is 2.69. The Morgan fingerprint density at radius 1 is 1.44 bits per heavy atom. The molecule has 2 aromatic rings. The highest BCUT2D eigenvalue weighted by molar-refractivity contribution is 5.30. The minimum atomic E-state index is 0.559. The average molecular weight is 247 g/mol. The number of aryl methyl sites for hydroxylation is 1. The van der Waals surface area contributed by atoms with Crippen molar-refractivity contribution < 1.29 is 4.74 Å². The van der Waals surface area contributed by atoms with Gasteiger partial charge in [0.25, 0.3) is 0 Å². The Morgan fingerprint density at radius 3 is 2.94 bits per heavy atom. The van der Waals surface area contributed by atoms with Gasteiger partial charge in [0.15, 0.2) is 0 Å². The molecule has 2 aromatic heterocycles. The van der Waals surface area contributed by atoms with E-state index < -0.39 is 0 Å². The van der Waals surface area contributed by atoms with E-state index in [2.05, 4.69) is 20.4 Å². The number of aromatic nitrogens is 4. The predicted molar refractivity (Wildman–Crippen MR) is 68.5 cm³/mol.